The van der Waals surface area contributed by atoms with E-state index >= 15 is 0 Å². The van der Waals surface area contributed by atoms with Crippen LogP contribution in [0.15, 0.2) is 77.3 Å². The van der Waals surface area contributed by atoms with Gasteiger partial charge in [0.2, 0.25) is 0 Å². The molecule has 0 saturated heterocycles. The molecule has 0 bridgehead atoms. The largest absolute Gasteiger partial charge is 0.480 e. The number of aliphatic carboxylic acids is 1. The Hall–Kier alpha value is -3.12. The molecule has 1 aliphatic rings. The standard InChI is InChI=1S/C24H20BrNO4/c25-16-7-5-6-15(12-16)13-22(23(27)28)26-24(29)30-14-21-19-10-3-1-8-17(19)18-9-2-4-11-20(18)21/h1-12,21-22H,13-14H2,(H,26,29)(H,27,28)/t22-/m1/s1. The zero-order chi connectivity index (χ0) is 21.1. The van der Waals surface area contributed by atoms with Gasteiger partial charge in [-0.05, 0) is 39.9 Å². The number of ether oxygens (including phenoxy) is 1. The summed E-state index contributed by atoms with van der Waals surface area (Å²) in [6.07, 6.45) is -0.571. The molecule has 0 radical (unpaired) electrons. The Labute approximate surface area is 182 Å². The summed E-state index contributed by atoms with van der Waals surface area (Å²) in [5.74, 6) is -1.18. The minimum absolute atomic E-state index is 0.0727. The average Bonchev–Trinajstić information content (AvgIpc) is 3.06. The number of amides is 1. The van der Waals surface area contributed by atoms with Gasteiger partial charge in [0, 0.05) is 16.8 Å². The summed E-state index contributed by atoms with van der Waals surface area (Å²) in [6.45, 7) is 0.142. The van der Waals surface area contributed by atoms with Crippen LogP contribution >= 0.6 is 15.9 Å². The van der Waals surface area contributed by atoms with Gasteiger partial charge in [0.1, 0.15) is 12.6 Å². The van der Waals surface area contributed by atoms with E-state index in [9.17, 15) is 14.7 Å². The third-order valence-electron chi connectivity index (χ3n) is 5.26. The Morgan fingerprint density at radius 1 is 0.967 bits per heavy atom. The lowest BCUT2D eigenvalue weighted by atomic mass is 9.98. The normalized spacial score (nSPS) is 13.2. The van der Waals surface area contributed by atoms with Crippen LogP contribution in [0.5, 0.6) is 0 Å². The van der Waals surface area contributed by atoms with Crippen LogP contribution < -0.4 is 5.32 Å². The van der Waals surface area contributed by atoms with Gasteiger partial charge in [-0.15, -0.1) is 0 Å². The van der Waals surface area contributed by atoms with E-state index in [4.69, 9.17) is 4.74 Å². The van der Waals surface area contributed by atoms with Gasteiger partial charge in [0.15, 0.2) is 0 Å². The van der Waals surface area contributed by atoms with Crippen LogP contribution in [0, 0.1) is 0 Å². The maximum Gasteiger partial charge on any atom is 0.407 e. The Balaban J connectivity index is 1.43. The minimum atomic E-state index is -1.11. The molecule has 0 fully saturated rings. The van der Waals surface area contributed by atoms with Gasteiger partial charge < -0.3 is 15.2 Å². The molecule has 0 aromatic heterocycles. The van der Waals surface area contributed by atoms with Gasteiger partial charge in [-0.3, -0.25) is 0 Å². The van der Waals surface area contributed by atoms with Crippen LogP contribution in [0.1, 0.15) is 22.6 Å². The van der Waals surface area contributed by atoms with Crippen molar-refractivity contribution in [2.45, 2.75) is 18.4 Å². The van der Waals surface area contributed by atoms with Gasteiger partial charge in [-0.2, -0.15) is 0 Å². The fraction of sp³-hybridized carbons (Fsp3) is 0.167. The molecule has 1 atom stereocenters. The van der Waals surface area contributed by atoms with Crippen LogP contribution in [0.25, 0.3) is 11.1 Å². The maximum absolute atomic E-state index is 12.4. The molecular formula is C24H20BrNO4. The Bertz CT molecular complexity index is 1050. The van der Waals surface area contributed by atoms with E-state index in [-0.39, 0.29) is 18.9 Å². The zero-order valence-electron chi connectivity index (χ0n) is 16.0. The number of fused-ring (bicyclic) bond motifs is 3. The van der Waals surface area contributed by atoms with Crippen molar-refractivity contribution in [3.8, 4) is 11.1 Å². The number of rotatable bonds is 6. The molecule has 0 saturated carbocycles. The zero-order valence-corrected chi connectivity index (χ0v) is 17.6. The highest BCUT2D eigenvalue weighted by Gasteiger charge is 2.29. The molecule has 0 heterocycles. The Morgan fingerprint density at radius 2 is 1.60 bits per heavy atom. The third-order valence-corrected chi connectivity index (χ3v) is 5.76. The highest BCUT2D eigenvalue weighted by Crippen LogP contribution is 2.44. The smallest absolute Gasteiger partial charge is 0.407 e. The van der Waals surface area contributed by atoms with Crippen LogP contribution in [0.2, 0.25) is 0 Å². The van der Waals surface area contributed by atoms with E-state index in [0.717, 1.165) is 32.3 Å². The number of carbonyl (C=O) groups excluding carboxylic acids is 1. The van der Waals surface area contributed by atoms with Gasteiger partial charge in [-0.1, -0.05) is 76.6 Å². The van der Waals surface area contributed by atoms with E-state index in [2.05, 4.69) is 33.4 Å². The van der Waals surface area contributed by atoms with Crippen molar-refractivity contribution in [2.75, 3.05) is 6.61 Å². The molecule has 1 aliphatic carbocycles. The van der Waals surface area contributed by atoms with E-state index in [1.54, 1.807) is 0 Å². The number of hydrogen-bond acceptors (Lipinski definition) is 3. The molecule has 3 aromatic carbocycles. The molecule has 5 nitrogen and oxygen atoms in total. The van der Waals surface area contributed by atoms with Crippen LogP contribution in [0.4, 0.5) is 4.79 Å². The molecule has 0 aliphatic heterocycles. The van der Waals surface area contributed by atoms with Crippen molar-refractivity contribution < 1.29 is 19.4 Å². The molecule has 30 heavy (non-hydrogen) atoms. The molecule has 0 unspecified atom stereocenters. The molecule has 2 N–H and O–H groups in total. The predicted molar refractivity (Wildman–Crippen MR) is 117 cm³/mol. The SMILES string of the molecule is O=C(N[C@H](Cc1cccc(Br)c1)C(=O)O)OCC1c2ccccc2-c2ccccc21. The van der Waals surface area contributed by atoms with Crippen molar-refractivity contribution in [3.05, 3.63) is 94.0 Å². The highest BCUT2D eigenvalue weighted by atomic mass is 79.9. The number of alkyl carbamates (subject to hydrolysis) is 1. The minimum Gasteiger partial charge on any atom is -0.480 e. The van der Waals surface area contributed by atoms with E-state index in [0.29, 0.717) is 0 Å². The summed E-state index contributed by atoms with van der Waals surface area (Å²) in [5.41, 5.74) is 5.29. The number of carboxylic acids is 1. The quantitative estimate of drug-likeness (QED) is 0.537. The summed E-state index contributed by atoms with van der Waals surface area (Å²) in [5, 5.41) is 12.0. The van der Waals surface area contributed by atoms with Crippen molar-refractivity contribution in [1.82, 2.24) is 5.32 Å². The second-order valence-corrected chi connectivity index (χ2v) is 8.11. The molecule has 3 aromatic rings. The summed E-state index contributed by atoms with van der Waals surface area (Å²) < 4.78 is 6.31. The van der Waals surface area contributed by atoms with E-state index in [1.807, 2.05) is 60.7 Å². The lowest BCUT2D eigenvalue weighted by molar-refractivity contribution is -0.139. The monoisotopic (exact) mass is 465 g/mol. The summed E-state index contributed by atoms with van der Waals surface area (Å²) >= 11 is 3.37. The first-order chi connectivity index (χ1) is 14.5. The van der Waals surface area contributed by atoms with Gasteiger partial charge in [-0.25, -0.2) is 9.59 Å². The van der Waals surface area contributed by atoms with Crippen molar-refractivity contribution >= 4 is 28.0 Å². The molecule has 0 spiro atoms. The number of hydrogen-bond donors (Lipinski definition) is 2. The maximum atomic E-state index is 12.4. The number of benzene rings is 3. The average molecular weight is 466 g/mol. The molecule has 6 heteroatoms. The molecule has 4 rings (SSSR count). The topological polar surface area (TPSA) is 75.6 Å². The summed E-state index contributed by atoms with van der Waals surface area (Å²) in [7, 11) is 0. The second kappa shape index (κ2) is 8.71. The molecule has 1 amide bonds. The van der Waals surface area contributed by atoms with Gasteiger partial charge >= 0.3 is 12.1 Å². The van der Waals surface area contributed by atoms with E-state index < -0.39 is 18.1 Å². The first kappa shape index (κ1) is 20.2. The summed E-state index contributed by atoms with van der Waals surface area (Å²) in [4.78, 5) is 24.0. The van der Waals surface area contributed by atoms with Crippen molar-refractivity contribution in [3.63, 3.8) is 0 Å². The first-order valence-corrected chi connectivity index (χ1v) is 10.4. The third kappa shape index (κ3) is 4.24. The van der Waals surface area contributed by atoms with Crippen molar-refractivity contribution in [1.29, 1.82) is 0 Å². The molecule has 152 valence electrons. The Kier molecular flexibility index (Phi) is 5.86. The van der Waals surface area contributed by atoms with Crippen LogP contribution in [-0.4, -0.2) is 29.8 Å². The Morgan fingerprint density at radius 3 is 2.20 bits per heavy atom. The second-order valence-electron chi connectivity index (χ2n) is 7.19. The van der Waals surface area contributed by atoms with E-state index in [1.165, 1.54) is 0 Å². The van der Waals surface area contributed by atoms with Crippen LogP contribution in [0.3, 0.4) is 0 Å². The van der Waals surface area contributed by atoms with Crippen LogP contribution in [-0.2, 0) is 16.0 Å². The highest BCUT2D eigenvalue weighted by molar-refractivity contribution is 9.10. The number of nitrogens with one attached hydrogen (secondary N) is 1. The fourth-order valence-electron chi connectivity index (χ4n) is 3.88. The number of carbonyl (C=O) groups is 2. The molecular weight excluding hydrogens is 446 g/mol. The summed E-state index contributed by atoms with van der Waals surface area (Å²) in [6, 6.07) is 22.4. The lowest BCUT2D eigenvalue weighted by Crippen LogP contribution is -2.42. The first-order valence-electron chi connectivity index (χ1n) is 9.61. The van der Waals surface area contributed by atoms with Gasteiger partial charge in [0.25, 0.3) is 0 Å². The van der Waals surface area contributed by atoms with Crippen molar-refractivity contribution in [2.24, 2.45) is 0 Å². The lowest BCUT2D eigenvalue weighted by Gasteiger charge is -2.17. The number of halogens is 1. The van der Waals surface area contributed by atoms with Gasteiger partial charge in [0.05, 0.1) is 0 Å². The fourth-order valence-corrected chi connectivity index (χ4v) is 4.33. The predicted octanol–water partition coefficient (Wildman–Crippen LogP) is 4.98. The number of carboxylic acid groups (broad SMARTS) is 1.